The van der Waals surface area contributed by atoms with Crippen LogP contribution in [0.1, 0.15) is 58.1 Å². The van der Waals surface area contributed by atoms with Crippen LogP contribution in [0.3, 0.4) is 0 Å². The summed E-state index contributed by atoms with van der Waals surface area (Å²) >= 11 is 2.89. The normalized spacial score (nSPS) is 13.0. The van der Waals surface area contributed by atoms with E-state index in [9.17, 15) is 19.6 Å². The number of amides is 3. The summed E-state index contributed by atoms with van der Waals surface area (Å²) < 4.78 is 10.8. The molecule has 1 aromatic heterocycles. The number of methoxy groups -OCH3 is 2. The Morgan fingerprint density at radius 2 is 1.77 bits per heavy atom. The summed E-state index contributed by atoms with van der Waals surface area (Å²) in [5, 5.41) is 18.7. The van der Waals surface area contributed by atoms with Gasteiger partial charge in [0.1, 0.15) is 28.3 Å². The third-order valence-corrected chi connectivity index (χ3v) is 10.4. The Kier molecular flexibility index (Phi) is 11.6. The summed E-state index contributed by atoms with van der Waals surface area (Å²) in [6.07, 6.45) is 6.06. The van der Waals surface area contributed by atoms with Crippen molar-refractivity contribution >= 4 is 57.6 Å². The van der Waals surface area contributed by atoms with Crippen molar-refractivity contribution in [2.45, 2.75) is 49.2 Å². The summed E-state index contributed by atoms with van der Waals surface area (Å²) in [5.74, 6) is -0.127. The molecule has 9 nitrogen and oxygen atoms in total. The van der Waals surface area contributed by atoms with Gasteiger partial charge in [0.2, 0.25) is 5.91 Å². The number of nitriles is 1. The van der Waals surface area contributed by atoms with Crippen LogP contribution in [0.15, 0.2) is 83.4 Å². The van der Waals surface area contributed by atoms with E-state index in [1.54, 1.807) is 79.9 Å². The maximum absolute atomic E-state index is 13.7. The van der Waals surface area contributed by atoms with Crippen molar-refractivity contribution in [1.29, 1.82) is 5.26 Å². The van der Waals surface area contributed by atoms with Gasteiger partial charge in [-0.3, -0.25) is 14.4 Å². The first kappa shape index (κ1) is 34.3. The van der Waals surface area contributed by atoms with Crippen LogP contribution in [0.25, 0.3) is 6.08 Å². The van der Waals surface area contributed by atoms with Gasteiger partial charge >= 0.3 is 0 Å². The molecule has 1 heterocycles. The lowest BCUT2D eigenvalue weighted by atomic mass is 9.96. The highest BCUT2D eigenvalue weighted by Gasteiger charge is 2.25. The van der Waals surface area contributed by atoms with Crippen molar-refractivity contribution in [3.05, 3.63) is 106 Å². The molecule has 0 spiro atoms. The number of carbonyl (C=O) groups excluding carboxylic acids is 3. The minimum Gasteiger partial charge on any atom is -0.497 e. The minimum atomic E-state index is -0.546. The van der Waals surface area contributed by atoms with Crippen LogP contribution in [-0.2, 0) is 22.4 Å². The first-order chi connectivity index (χ1) is 23.3. The Labute approximate surface area is 288 Å². The first-order valence-corrected chi connectivity index (χ1v) is 17.3. The molecule has 0 radical (unpaired) electrons. The quantitative estimate of drug-likeness (QED) is 0.105. The fraction of sp³-hybridized carbons (Fsp3) is 0.243. The second-order valence-corrected chi connectivity index (χ2v) is 13.4. The molecular formula is C37H36N4O5S2. The van der Waals surface area contributed by atoms with Gasteiger partial charge in [-0.25, -0.2) is 0 Å². The number of carbonyl (C=O) groups is 3. The van der Waals surface area contributed by atoms with E-state index in [2.05, 4.69) is 22.0 Å². The Hall–Kier alpha value is -5.05. The second-order valence-electron chi connectivity index (χ2n) is 11.0. The maximum Gasteiger partial charge on any atom is 0.272 e. The molecule has 1 aliphatic carbocycles. The molecule has 1 atom stereocenters. The molecular weight excluding hydrogens is 645 g/mol. The van der Waals surface area contributed by atoms with Gasteiger partial charge in [0.25, 0.3) is 11.8 Å². The van der Waals surface area contributed by atoms with Crippen molar-refractivity contribution in [2.75, 3.05) is 24.9 Å². The van der Waals surface area contributed by atoms with Crippen LogP contribution in [0.5, 0.6) is 11.5 Å². The molecule has 3 N–H and O–H groups in total. The van der Waals surface area contributed by atoms with Crippen molar-refractivity contribution in [3.8, 4) is 17.6 Å². The molecule has 1 unspecified atom stereocenters. The van der Waals surface area contributed by atoms with E-state index >= 15 is 0 Å². The monoisotopic (exact) mass is 680 g/mol. The van der Waals surface area contributed by atoms with Gasteiger partial charge in [0.05, 0.1) is 25.0 Å². The molecule has 5 rings (SSSR count). The van der Waals surface area contributed by atoms with Crippen molar-refractivity contribution in [2.24, 2.45) is 0 Å². The molecule has 0 saturated heterocycles. The zero-order valence-corrected chi connectivity index (χ0v) is 28.6. The summed E-state index contributed by atoms with van der Waals surface area (Å²) in [6, 6.07) is 23.3. The third kappa shape index (κ3) is 8.26. The van der Waals surface area contributed by atoms with E-state index in [4.69, 9.17) is 9.47 Å². The van der Waals surface area contributed by atoms with E-state index in [0.717, 1.165) is 36.1 Å². The highest BCUT2D eigenvalue weighted by Crippen LogP contribution is 2.38. The molecule has 0 aliphatic heterocycles. The fourth-order valence-electron chi connectivity index (χ4n) is 5.33. The molecule has 4 aromatic rings. The van der Waals surface area contributed by atoms with Crippen LogP contribution in [-0.4, -0.2) is 37.2 Å². The molecule has 3 amide bonds. The van der Waals surface area contributed by atoms with Gasteiger partial charge in [-0.05, 0) is 86.2 Å². The van der Waals surface area contributed by atoms with Crippen LogP contribution >= 0.6 is 23.1 Å². The van der Waals surface area contributed by atoms with Crippen LogP contribution in [0.2, 0.25) is 0 Å². The minimum absolute atomic E-state index is 0.00290. The number of aryl methyl sites for hydroxylation is 1. The predicted molar refractivity (Wildman–Crippen MR) is 191 cm³/mol. The number of nitrogens with one attached hydrogen (secondary N) is 3. The Morgan fingerprint density at radius 1 is 0.979 bits per heavy atom. The predicted octanol–water partition coefficient (Wildman–Crippen LogP) is 7.43. The number of ether oxygens (including phenoxy) is 2. The average molecular weight is 681 g/mol. The van der Waals surface area contributed by atoms with Crippen LogP contribution < -0.4 is 25.4 Å². The SMILES string of the molecule is CCC(Sc1cccc(NC(=O)/C(=C\c2ccc(OC)cc2OC)NC(=O)c2ccccc2)c1)C(=O)Nc1sc2c(c1C#N)CCCC2. The number of anilines is 2. The Morgan fingerprint density at radius 3 is 2.50 bits per heavy atom. The maximum atomic E-state index is 13.7. The molecule has 0 bridgehead atoms. The lowest BCUT2D eigenvalue weighted by Gasteiger charge is -2.16. The zero-order chi connectivity index (χ0) is 34.0. The molecule has 1 aliphatic rings. The number of fused-ring (bicyclic) bond motifs is 1. The average Bonchev–Trinajstić information content (AvgIpc) is 3.47. The topological polar surface area (TPSA) is 130 Å². The zero-order valence-electron chi connectivity index (χ0n) is 26.9. The molecule has 48 heavy (non-hydrogen) atoms. The fourth-order valence-corrected chi connectivity index (χ4v) is 7.59. The lowest BCUT2D eigenvalue weighted by Crippen LogP contribution is -2.30. The van der Waals surface area contributed by atoms with Gasteiger partial charge in [0.15, 0.2) is 0 Å². The molecule has 3 aromatic carbocycles. The number of rotatable bonds is 12. The van der Waals surface area contributed by atoms with Crippen molar-refractivity contribution in [1.82, 2.24) is 5.32 Å². The number of hydrogen-bond donors (Lipinski definition) is 3. The number of benzene rings is 3. The van der Waals surface area contributed by atoms with Crippen LogP contribution in [0, 0.1) is 11.3 Å². The van der Waals surface area contributed by atoms with Crippen molar-refractivity contribution in [3.63, 3.8) is 0 Å². The number of thioether (sulfide) groups is 1. The van der Waals surface area contributed by atoms with E-state index in [0.29, 0.717) is 45.3 Å². The number of nitrogens with zero attached hydrogens (tertiary/aromatic N) is 1. The summed E-state index contributed by atoms with van der Waals surface area (Å²) in [7, 11) is 3.06. The molecule has 246 valence electrons. The standard InChI is InChI=1S/C37H36N4O5S2/c1-4-32(36(44)41-37-29(22-38)28-15-8-9-16-33(28)48-37)47-27-14-10-13-25(20-27)39-35(43)30(40-34(42)23-11-6-5-7-12-23)19-24-17-18-26(45-2)21-31(24)46-3/h5-7,10-14,17-21,32H,4,8-9,15-16H2,1-3H3,(H,39,43)(H,40,42)(H,41,44)/b30-19+. The smallest absolute Gasteiger partial charge is 0.272 e. The van der Waals surface area contributed by atoms with E-state index < -0.39 is 17.1 Å². The molecule has 0 fully saturated rings. The largest absolute Gasteiger partial charge is 0.497 e. The third-order valence-electron chi connectivity index (χ3n) is 7.82. The lowest BCUT2D eigenvalue weighted by molar-refractivity contribution is -0.116. The van der Waals surface area contributed by atoms with Gasteiger partial charge in [-0.15, -0.1) is 23.1 Å². The Bertz CT molecular complexity index is 1880. The van der Waals surface area contributed by atoms with Gasteiger partial charge in [-0.2, -0.15) is 5.26 Å². The molecule has 11 heteroatoms. The summed E-state index contributed by atoms with van der Waals surface area (Å²) in [6.45, 7) is 1.94. The van der Waals surface area contributed by atoms with Gasteiger partial charge in [-0.1, -0.05) is 31.2 Å². The van der Waals surface area contributed by atoms with Gasteiger partial charge < -0.3 is 25.4 Å². The van der Waals surface area contributed by atoms with E-state index in [1.807, 2.05) is 13.0 Å². The van der Waals surface area contributed by atoms with E-state index in [1.165, 1.54) is 35.1 Å². The molecule has 0 saturated carbocycles. The van der Waals surface area contributed by atoms with Gasteiger partial charge in [0, 0.05) is 32.7 Å². The van der Waals surface area contributed by atoms with E-state index in [-0.39, 0.29) is 11.6 Å². The second kappa shape index (κ2) is 16.2. The highest BCUT2D eigenvalue weighted by molar-refractivity contribution is 8.00. The number of hydrogen-bond acceptors (Lipinski definition) is 8. The first-order valence-electron chi connectivity index (χ1n) is 15.6. The Balaban J connectivity index is 1.34. The summed E-state index contributed by atoms with van der Waals surface area (Å²) in [5.41, 5.74) is 3.10. The number of thiophene rings is 1. The highest BCUT2D eigenvalue weighted by atomic mass is 32.2. The van der Waals surface area contributed by atoms with Crippen molar-refractivity contribution < 1.29 is 23.9 Å². The van der Waals surface area contributed by atoms with Crippen LogP contribution in [0.4, 0.5) is 10.7 Å². The summed E-state index contributed by atoms with van der Waals surface area (Å²) in [4.78, 5) is 42.2.